The molecular formula is C15H15Cl2NO4. The van der Waals surface area contributed by atoms with E-state index in [1.165, 1.54) is 7.11 Å². The third-order valence-corrected chi connectivity index (χ3v) is 3.52. The quantitative estimate of drug-likeness (QED) is 0.815. The maximum absolute atomic E-state index is 11.3. The molecule has 0 saturated carbocycles. The standard InChI is InChI=1S/C15H15Cl2NO4/c1-20-15(19)13(18)7-9-5-6-10(22-9)8-21-14-11(16)3-2-4-12(14)17/h2-6,13H,7-8,18H2,1H3. The number of hydrogen-bond donors (Lipinski definition) is 1. The molecule has 1 heterocycles. The van der Waals surface area contributed by atoms with Crippen LogP contribution in [0.15, 0.2) is 34.7 Å². The van der Waals surface area contributed by atoms with Crippen molar-refractivity contribution in [1.29, 1.82) is 0 Å². The Kier molecular flexibility index (Phi) is 5.71. The molecule has 0 radical (unpaired) electrons. The fourth-order valence-corrected chi connectivity index (χ4v) is 2.33. The zero-order valence-electron chi connectivity index (χ0n) is 11.8. The maximum atomic E-state index is 11.3. The predicted octanol–water partition coefficient (Wildman–Crippen LogP) is 3.21. The van der Waals surface area contributed by atoms with Gasteiger partial charge in [-0.2, -0.15) is 0 Å². The van der Waals surface area contributed by atoms with Crippen molar-refractivity contribution in [3.8, 4) is 5.75 Å². The molecule has 5 nitrogen and oxygen atoms in total. The second-order valence-corrected chi connectivity index (χ2v) is 5.36. The summed E-state index contributed by atoms with van der Waals surface area (Å²) in [5.74, 6) is 1.05. The van der Waals surface area contributed by atoms with Crippen molar-refractivity contribution in [3.05, 3.63) is 51.9 Å². The van der Waals surface area contributed by atoms with Gasteiger partial charge in [0.1, 0.15) is 24.2 Å². The summed E-state index contributed by atoms with van der Waals surface area (Å²) in [5, 5.41) is 0.846. The molecule has 118 valence electrons. The number of carbonyl (C=O) groups excluding carboxylic acids is 1. The highest BCUT2D eigenvalue weighted by Crippen LogP contribution is 2.33. The van der Waals surface area contributed by atoms with E-state index in [0.717, 1.165) is 0 Å². The zero-order valence-corrected chi connectivity index (χ0v) is 13.4. The molecule has 2 N–H and O–H groups in total. The molecule has 2 rings (SSSR count). The number of rotatable bonds is 6. The number of methoxy groups -OCH3 is 1. The Bertz CT molecular complexity index is 636. The summed E-state index contributed by atoms with van der Waals surface area (Å²) in [5.41, 5.74) is 5.67. The molecular weight excluding hydrogens is 329 g/mol. The van der Waals surface area contributed by atoms with Gasteiger partial charge in [0.2, 0.25) is 0 Å². The number of nitrogens with two attached hydrogens (primary N) is 1. The van der Waals surface area contributed by atoms with E-state index in [2.05, 4.69) is 4.74 Å². The average molecular weight is 344 g/mol. The van der Waals surface area contributed by atoms with Gasteiger partial charge in [-0.05, 0) is 24.3 Å². The lowest BCUT2D eigenvalue weighted by Gasteiger charge is -2.08. The van der Waals surface area contributed by atoms with Gasteiger partial charge in [0, 0.05) is 6.42 Å². The van der Waals surface area contributed by atoms with Crippen molar-refractivity contribution in [2.24, 2.45) is 5.73 Å². The maximum Gasteiger partial charge on any atom is 0.323 e. The molecule has 0 fully saturated rings. The smallest absolute Gasteiger partial charge is 0.323 e. The molecule has 2 aromatic rings. The molecule has 0 bridgehead atoms. The van der Waals surface area contributed by atoms with Crippen LogP contribution in [0.4, 0.5) is 0 Å². The van der Waals surface area contributed by atoms with Crippen LogP contribution in [0.3, 0.4) is 0 Å². The molecule has 1 aromatic carbocycles. The third-order valence-electron chi connectivity index (χ3n) is 2.92. The van der Waals surface area contributed by atoms with Crippen molar-refractivity contribution in [2.75, 3.05) is 7.11 Å². The highest BCUT2D eigenvalue weighted by molar-refractivity contribution is 6.37. The van der Waals surface area contributed by atoms with Gasteiger partial charge in [-0.1, -0.05) is 29.3 Å². The predicted molar refractivity (Wildman–Crippen MR) is 83.2 cm³/mol. The van der Waals surface area contributed by atoms with Gasteiger partial charge in [-0.15, -0.1) is 0 Å². The van der Waals surface area contributed by atoms with Crippen molar-refractivity contribution in [3.63, 3.8) is 0 Å². The van der Waals surface area contributed by atoms with Crippen LogP contribution in [-0.4, -0.2) is 19.1 Å². The van der Waals surface area contributed by atoms with Crippen molar-refractivity contribution in [2.45, 2.75) is 19.1 Å². The van der Waals surface area contributed by atoms with Gasteiger partial charge < -0.3 is 19.6 Å². The van der Waals surface area contributed by atoms with Crippen molar-refractivity contribution in [1.82, 2.24) is 0 Å². The van der Waals surface area contributed by atoms with Crippen LogP contribution >= 0.6 is 23.2 Å². The number of carbonyl (C=O) groups is 1. The molecule has 0 aliphatic carbocycles. The molecule has 0 spiro atoms. The van der Waals surface area contributed by atoms with E-state index >= 15 is 0 Å². The number of hydrogen-bond acceptors (Lipinski definition) is 5. The van der Waals surface area contributed by atoms with E-state index in [4.69, 9.17) is 38.1 Å². The van der Waals surface area contributed by atoms with Crippen LogP contribution in [-0.2, 0) is 22.6 Å². The van der Waals surface area contributed by atoms with E-state index in [9.17, 15) is 4.79 Å². The molecule has 0 aliphatic heterocycles. The number of ether oxygens (including phenoxy) is 2. The average Bonchev–Trinajstić information content (AvgIpc) is 2.93. The molecule has 0 aliphatic rings. The molecule has 0 amide bonds. The largest absolute Gasteiger partial charge is 0.483 e. The lowest BCUT2D eigenvalue weighted by atomic mass is 10.2. The summed E-state index contributed by atoms with van der Waals surface area (Å²) in [6.07, 6.45) is 0.250. The van der Waals surface area contributed by atoms with Crippen LogP contribution in [0.1, 0.15) is 11.5 Å². The first-order valence-corrected chi connectivity index (χ1v) is 7.24. The minimum atomic E-state index is -0.761. The first kappa shape index (κ1) is 16.7. The number of esters is 1. The summed E-state index contributed by atoms with van der Waals surface area (Å²) in [6, 6.07) is 7.82. The van der Waals surface area contributed by atoms with Crippen LogP contribution < -0.4 is 10.5 Å². The summed E-state index contributed by atoms with van der Waals surface area (Å²) < 4.78 is 15.7. The van der Waals surface area contributed by atoms with Gasteiger partial charge in [0.15, 0.2) is 5.75 Å². The zero-order chi connectivity index (χ0) is 16.1. The fourth-order valence-electron chi connectivity index (χ4n) is 1.82. The number of halogens is 2. The summed E-state index contributed by atoms with van der Waals surface area (Å²) >= 11 is 12.0. The number of benzene rings is 1. The minimum absolute atomic E-state index is 0.164. The summed E-state index contributed by atoms with van der Waals surface area (Å²) in [6.45, 7) is 0.164. The second kappa shape index (κ2) is 7.54. The van der Waals surface area contributed by atoms with E-state index in [1.807, 2.05) is 0 Å². The third kappa shape index (κ3) is 4.16. The van der Waals surface area contributed by atoms with Crippen molar-refractivity contribution >= 4 is 29.2 Å². The monoisotopic (exact) mass is 343 g/mol. The van der Waals surface area contributed by atoms with E-state index < -0.39 is 12.0 Å². The first-order chi connectivity index (χ1) is 10.5. The first-order valence-electron chi connectivity index (χ1n) is 6.49. The van der Waals surface area contributed by atoms with Gasteiger partial charge in [-0.25, -0.2) is 0 Å². The number of para-hydroxylation sites is 1. The number of furan rings is 1. The normalized spacial score (nSPS) is 12.0. The highest BCUT2D eigenvalue weighted by atomic mass is 35.5. The van der Waals surface area contributed by atoms with Gasteiger partial charge >= 0.3 is 5.97 Å². The molecule has 1 unspecified atom stereocenters. The Balaban J connectivity index is 1.96. The fraction of sp³-hybridized carbons (Fsp3) is 0.267. The van der Waals surface area contributed by atoms with E-state index in [1.54, 1.807) is 30.3 Å². The van der Waals surface area contributed by atoms with E-state index in [0.29, 0.717) is 27.3 Å². The lowest BCUT2D eigenvalue weighted by molar-refractivity contribution is -0.142. The van der Waals surface area contributed by atoms with Crippen molar-refractivity contribution < 1.29 is 18.7 Å². The topological polar surface area (TPSA) is 74.7 Å². The molecule has 1 atom stereocenters. The van der Waals surface area contributed by atoms with Crippen LogP contribution in [0.2, 0.25) is 10.0 Å². The van der Waals surface area contributed by atoms with Crippen LogP contribution in [0.5, 0.6) is 5.75 Å². The second-order valence-electron chi connectivity index (χ2n) is 4.54. The summed E-state index contributed by atoms with van der Waals surface area (Å²) in [7, 11) is 1.29. The Morgan fingerprint density at radius 2 is 1.86 bits per heavy atom. The minimum Gasteiger partial charge on any atom is -0.483 e. The Morgan fingerprint density at radius 1 is 1.23 bits per heavy atom. The van der Waals surface area contributed by atoms with Crippen LogP contribution in [0.25, 0.3) is 0 Å². The SMILES string of the molecule is COC(=O)C(N)Cc1ccc(COc2c(Cl)cccc2Cl)o1. The highest BCUT2D eigenvalue weighted by Gasteiger charge is 2.16. The molecule has 7 heteroatoms. The Hall–Kier alpha value is -1.69. The molecule has 0 saturated heterocycles. The van der Waals surface area contributed by atoms with Gasteiger partial charge in [0.25, 0.3) is 0 Å². The molecule has 22 heavy (non-hydrogen) atoms. The molecule has 1 aromatic heterocycles. The Morgan fingerprint density at radius 3 is 2.50 bits per heavy atom. The lowest BCUT2D eigenvalue weighted by Crippen LogP contribution is -2.33. The Labute approximate surface area is 137 Å². The van der Waals surface area contributed by atoms with Gasteiger partial charge in [-0.3, -0.25) is 4.79 Å². The van der Waals surface area contributed by atoms with Gasteiger partial charge in [0.05, 0.1) is 17.2 Å². The van der Waals surface area contributed by atoms with E-state index in [-0.39, 0.29) is 13.0 Å². The van der Waals surface area contributed by atoms with Crippen LogP contribution in [0, 0.1) is 0 Å². The summed E-state index contributed by atoms with van der Waals surface area (Å²) in [4.78, 5) is 11.3.